The first-order chi connectivity index (χ1) is 11.1. The molecule has 0 unspecified atom stereocenters. The second kappa shape index (κ2) is 8.28. The highest BCUT2D eigenvalue weighted by Gasteiger charge is 2.21. The highest BCUT2D eigenvalue weighted by Crippen LogP contribution is 2.17. The maximum Gasteiger partial charge on any atom is 0.229 e. The molecule has 0 heterocycles. The molecule has 0 aromatic heterocycles. The number of aryl methyl sites for hydroxylation is 1. The van der Waals surface area contributed by atoms with Gasteiger partial charge in [0, 0.05) is 31.5 Å². The number of carbonyl (C=O) groups is 2. The van der Waals surface area contributed by atoms with E-state index in [0.717, 1.165) is 17.7 Å². The molecule has 0 radical (unpaired) electrons. The molecule has 2 aromatic rings. The van der Waals surface area contributed by atoms with Gasteiger partial charge in [-0.15, -0.1) is 0 Å². The summed E-state index contributed by atoms with van der Waals surface area (Å²) < 4.78 is 0. The van der Waals surface area contributed by atoms with Crippen molar-refractivity contribution in [2.45, 2.75) is 26.2 Å². The standard InChI is InChI=1S/C20H23NO2/c1-16(20(23)21(2)18-11-7-4-8-12-18)15-19(22)14-13-17-9-5-3-6-10-17/h3-12,16H,13-15H2,1-2H3/t16-/m1/s1. The summed E-state index contributed by atoms with van der Waals surface area (Å²) in [6, 6.07) is 19.4. The minimum absolute atomic E-state index is 0.0238. The van der Waals surface area contributed by atoms with E-state index >= 15 is 0 Å². The minimum atomic E-state index is -0.302. The Balaban J connectivity index is 1.84. The van der Waals surface area contributed by atoms with Crippen LogP contribution in [-0.2, 0) is 16.0 Å². The molecule has 0 fully saturated rings. The third kappa shape index (κ3) is 5.06. The van der Waals surface area contributed by atoms with Gasteiger partial charge < -0.3 is 4.90 Å². The quantitative estimate of drug-likeness (QED) is 0.778. The lowest BCUT2D eigenvalue weighted by molar-refractivity contribution is -0.127. The second-order valence-electron chi connectivity index (χ2n) is 5.86. The number of carbonyl (C=O) groups excluding carboxylic acids is 2. The number of ketones is 1. The van der Waals surface area contributed by atoms with Gasteiger partial charge in [-0.25, -0.2) is 0 Å². The molecular formula is C20H23NO2. The normalized spacial score (nSPS) is 11.7. The summed E-state index contributed by atoms with van der Waals surface area (Å²) in [5.74, 6) is -0.191. The second-order valence-corrected chi connectivity index (χ2v) is 5.86. The first kappa shape index (κ1) is 16.9. The smallest absolute Gasteiger partial charge is 0.229 e. The zero-order valence-corrected chi connectivity index (χ0v) is 13.7. The molecule has 120 valence electrons. The Morgan fingerprint density at radius 3 is 2.13 bits per heavy atom. The molecule has 0 bridgehead atoms. The monoisotopic (exact) mass is 309 g/mol. The zero-order chi connectivity index (χ0) is 16.7. The van der Waals surface area contributed by atoms with Crippen molar-refractivity contribution in [2.75, 3.05) is 11.9 Å². The van der Waals surface area contributed by atoms with E-state index in [-0.39, 0.29) is 17.6 Å². The Morgan fingerprint density at radius 1 is 0.957 bits per heavy atom. The molecule has 3 nitrogen and oxygen atoms in total. The van der Waals surface area contributed by atoms with Crippen LogP contribution in [0.5, 0.6) is 0 Å². The van der Waals surface area contributed by atoms with Crippen LogP contribution in [0.4, 0.5) is 5.69 Å². The van der Waals surface area contributed by atoms with Crippen LogP contribution in [0.25, 0.3) is 0 Å². The number of rotatable bonds is 7. The van der Waals surface area contributed by atoms with Gasteiger partial charge in [-0.05, 0) is 24.1 Å². The SMILES string of the molecule is C[C@H](CC(=O)CCc1ccccc1)C(=O)N(C)c1ccccc1. The molecule has 3 heteroatoms. The van der Waals surface area contributed by atoms with Gasteiger partial charge in [-0.2, -0.15) is 0 Å². The molecule has 23 heavy (non-hydrogen) atoms. The van der Waals surface area contributed by atoms with Crippen molar-refractivity contribution < 1.29 is 9.59 Å². The van der Waals surface area contributed by atoms with E-state index in [1.165, 1.54) is 0 Å². The summed E-state index contributed by atoms with van der Waals surface area (Å²) in [5, 5.41) is 0. The van der Waals surface area contributed by atoms with Crippen molar-refractivity contribution >= 4 is 17.4 Å². The van der Waals surface area contributed by atoms with E-state index in [0.29, 0.717) is 12.8 Å². The van der Waals surface area contributed by atoms with E-state index in [4.69, 9.17) is 0 Å². The van der Waals surface area contributed by atoms with Gasteiger partial charge in [0.15, 0.2) is 0 Å². The Hall–Kier alpha value is -2.42. The zero-order valence-electron chi connectivity index (χ0n) is 13.7. The molecule has 0 aliphatic rings. The Labute approximate surface area is 137 Å². The number of Topliss-reactive ketones (excluding diaryl/α,β-unsaturated/α-hetero) is 1. The fourth-order valence-corrected chi connectivity index (χ4v) is 2.57. The first-order valence-electron chi connectivity index (χ1n) is 7.96. The highest BCUT2D eigenvalue weighted by atomic mass is 16.2. The van der Waals surface area contributed by atoms with Crippen LogP contribution in [-0.4, -0.2) is 18.7 Å². The lowest BCUT2D eigenvalue weighted by Gasteiger charge is -2.21. The van der Waals surface area contributed by atoms with Crippen LogP contribution in [0.2, 0.25) is 0 Å². The first-order valence-corrected chi connectivity index (χ1v) is 7.96. The molecule has 0 saturated carbocycles. The van der Waals surface area contributed by atoms with E-state index in [1.807, 2.05) is 67.6 Å². The largest absolute Gasteiger partial charge is 0.315 e. The number of hydrogen-bond donors (Lipinski definition) is 0. The predicted octanol–water partition coefficient (Wildman–Crippen LogP) is 3.88. The lowest BCUT2D eigenvalue weighted by atomic mass is 9.98. The maximum atomic E-state index is 12.4. The van der Waals surface area contributed by atoms with Crippen LogP contribution in [0, 0.1) is 5.92 Å². The van der Waals surface area contributed by atoms with Crippen molar-refractivity contribution in [3.63, 3.8) is 0 Å². The highest BCUT2D eigenvalue weighted by molar-refractivity contribution is 5.96. The predicted molar refractivity (Wildman–Crippen MR) is 93.4 cm³/mol. The molecule has 0 saturated heterocycles. The summed E-state index contributed by atoms with van der Waals surface area (Å²) >= 11 is 0. The van der Waals surface area contributed by atoms with Crippen molar-refractivity contribution in [3.8, 4) is 0 Å². The third-order valence-corrected chi connectivity index (χ3v) is 3.96. The summed E-state index contributed by atoms with van der Waals surface area (Å²) in [7, 11) is 1.75. The summed E-state index contributed by atoms with van der Waals surface area (Å²) in [5.41, 5.74) is 2.00. The number of hydrogen-bond acceptors (Lipinski definition) is 2. The van der Waals surface area contributed by atoms with Gasteiger partial charge in [-0.1, -0.05) is 55.5 Å². The van der Waals surface area contributed by atoms with Crippen LogP contribution in [0.15, 0.2) is 60.7 Å². The molecule has 2 aromatic carbocycles. The van der Waals surface area contributed by atoms with E-state index in [9.17, 15) is 9.59 Å². The van der Waals surface area contributed by atoms with E-state index < -0.39 is 0 Å². The van der Waals surface area contributed by atoms with Crippen LogP contribution in [0.3, 0.4) is 0 Å². The summed E-state index contributed by atoms with van der Waals surface area (Å²) in [6.45, 7) is 1.82. The Morgan fingerprint density at radius 2 is 1.52 bits per heavy atom. The van der Waals surface area contributed by atoms with Gasteiger partial charge in [0.25, 0.3) is 0 Å². The van der Waals surface area contributed by atoms with Gasteiger partial charge in [0.05, 0.1) is 0 Å². The molecular weight excluding hydrogens is 286 g/mol. The van der Waals surface area contributed by atoms with E-state index in [1.54, 1.807) is 11.9 Å². The average molecular weight is 309 g/mol. The van der Waals surface area contributed by atoms with Crippen LogP contribution < -0.4 is 4.90 Å². The summed E-state index contributed by atoms with van der Waals surface area (Å²) in [4.78, 5) is 26.2. The number of para-hydroxylation sites is 1. The molecule has 0 N–H and O–H groups in total. The van der Waals surface area contributed by atoms with Crippen molar-refractivity contribution in [2.24, 2.45) is 5.92 Å². The molecule has 2 rings (SSSR count). The third-order valence-electron chi connectivity index (χ3n) is 3.96. The van der Waals surface area contributed by atoms with Crippen molar-refractivity contribution in [1.82, 2.24) is 0 Å². The van der Waals surface area contributed by atoms with Crippen LogP contribution >= 0.6 is 0 Å². The molecule has 1 amide bonds. The van der Waals surface area contributed by atoms with E-state index in [2.05, 4.69) is 0 Å². The average Bonchev–Trinajstić information content (AvgIpc) is 2.60. The lowest BCUT2D eigenvalue weighted by Crippen LogP contribution is -2.32. The van der Waals surface area contributed by atoms with Gasteiger partial charge in [0.1, 0.15) is 5.78 Å². The summed E-state index contributed by atoms with van der Waals surface area (Å²) in [6.07, 6.45) is 1.51. The maximum absolute atomic E-state index is 12.4. The number of anilines is 1. The van der Waals surface area contributed by atoms with Gasteiger partial charge >= 0.3 is 0 Å². The molecule has 1 atom stereocenters. The molecule has 0 aliphatic carbocycles. The van der Waals surface area contributed by atoms with Crippen molar-refractivity contribution in [1.29, 1.82) is 0 Å². The van der Waals surface area contributed by atoms with Crippen LogP contribution in [0.1, 0.15) is 25.3 Å². The Bertz CT molecular complexity index is 637. The number of nitrogens with zero attached hydrogens (tertiary/aromatic N) is 1. The topological polar surface area (TPSA) is 37.4 Å². The fourth-order valence-electron chi connectivity index (χ4n) is 2.57. The Kier molecular flexibility index (Phi) is 6.10. The van der Waals surface area contributed by atoms with Crippen molar-refractivity contribution in [3.05, 3.63) is 66.2 Å². The minimum Gasteiger partial charge on any atom is -0.315 e. The molecule has 0 aliphatic heterocycles. The molecule has 0 spiro atoms. The van der Waals surface area contributed by atoms with Gasteiger partial charge in [-0.3, -0.25) is 9.59 Å². The fraction of sp³-hybridized carbons (Fsp3) is 0.300. The number of amides is 1. The van der Waals surface area contributed by atoms with Gasteiger partial charge in [0.2, 0.25) is 5.91 Å². The number of benzene rings is 2.